The fraction of sp³-hybridized carbons (Fsp3) is 0.333. The van der Waals surface area contributed by atoms with Crippen molar-refractivity contribution in [1.82, 2.24) is 0 Å². The maximum Gasteiger partial charge on any atom is 0.119 e. The zero-order valence-corrected chi connectivity index (χ0v) is 13.3. The lowest BCUT2D eigenvalue weighted by Gasteiger charge is -2.11. The van der Waals surface area contributed by atoms with Gasteiger partial charge in [0.1, 0.15) is 5.75 Å². The van der Waals surface area contributed by atoms with Gasteiger partial charge in [0.15, 0.2) is 0 Å². The lowest BCUT2D eigenvalue weighted by Crippen LogP contribution is -2.24. The molecule has 1 atom stereocenters. The molecule has 4 heteroatoms. The van der Waals surface area contributed by atoms with Crippen molar-refractivity contribution in [2.75, 3.05) is 6.61 Å². The van der Waals surface area contributed by atoms with Crippen LogP contribution in [-0.2, 0) is 6.42 Å². The van der Waals surface area contributed by atoms with Gasteiger partial charge in [-0.1, -0.05) is 12.1 Å². The molecule has 0 saturated carbocycles. The van der Waals surface area contributed by atoms with Crippen molar-refractivity contribution < 1.29 is 4.74 Å². The maximum atomic E-state index is 6.12. The molecular formula is C15H18BrNOS. The van der Waals surface area contributed by atoms with Gasteiger partial charge in [-0.2, -0.15) is 0 Å². The summed E-state index contributed by atoms with van der Waals surface area (Å²) in [6, 6.07) is 10.4. The van der Waals surface area contributed by atoms with Crippen LogP contribution in [-0.4, -0.2) is 12.6 Å². The fourth-order valence-electron chi connectivity index (χ4n) is 1.85. The van der Waals surface area contributed by atoms with Crippen molar-refractivity contribution in [1.29, 1.82) is 0 Å². The molecule has 0 fully saturated rings. The van der Waals surface area contributed by atoms with Crippen molar-refractivity contribution in [3.8, 4) is 5.75 Å². The van der Waals surface area contributed by atoms with E-state index in [0.29, 0.717) is 6.61 Å². The Bertz CT molecular complexity index is 526. The van der Waals surface area contributed by atoms with Crippen LogP contribution in [0.5, 0.6) is 5.75 Å². The molecule has 1 heterocycles. The predicted molar refractivity (Wildman–Crippen MR) is 85.0 cm³/mol. The predicted octanol–water partition coefficient (Wildman–Crippen LogP) is 4.16. The summed E-state index contributed by atoms with van der Waals surface area (Å²) in [5.41, 5.74) is 7.33. The zero-order chi connectivity index (χ0) is 13.7. The largest absolute Gasteiger partial charge is 0.494 e. The first kappa shape index (κ1) is 14.6. The SMILES string of the molecule is Cc1cccc(OCCC(N)Cc2cc(Br)cs2)c1. The van der Waals surface area contributed by atoms with Crippen LogP contribution in [0.2, 0.25) is 0 Å². The Kier molecular flexibility index (Phi) is 5.43. The highest BCUT2D eigenvalue weighted by Gasteiger charge is 2.06. The van der Waals surface area contributed by atoms with Gasteiger partial charge in [0.2, 0.25) is 0 Å². The van der Waals surface area contributed by atoms with E-state index in [2.05, 4.69) is 40.4 Å². The van der Waals surface area contributed by atoms with Gasteiger partial charge < -0.3 is 10.5 Å². The van der Waals surface area contributed by atoms with Crippen LogP contribution in [0.15, 0.2) is 40.2 Å². The van der Waals surface area contributed by atoms with Crippen molar-refractivity contribution in [2.45, 2.75) is 25.8 Å². The highest BCUT2D eigenvalue weighted by Crippen LogP contribution is 2.21. The third-order valence-corrected chi connectivity index (χ3v) is 4.55. The summed E-state index contributed by atoms with van der Waals surface area (Å²) in [6.07, 6.45) is 1.77. The van der Waals surface area contributed by atoms with Crippen molar-refractivity contribution in [2.24, 2.45) is 5.73 Å². The summed E-state index contributed by atoms with van der Waals surface area (Å²) in [6.45, 7) is 2.73. The first-order chi connectivity index (χ1) is 9.13. The molecule has 2 nitrogen and oxygen atoms in total. The second kappa shape index (κ2) is 7.08. The molecule has 0 saturated heterocycles. The van der Waals surface area contributed by atoms with Crippen LogP contribution < -0.4 is 10.5 Å². The van der Waals surface area contributed by atoms with Crippen LogP contribution in [0.1, 0.15) is 16.9 Å². The minimum atomic E-state index is 0.148. The van der Waals surface area contributed by atoms with E-state index in [-0.39, 0.29) is 6.04 Å². The van der Waals surface area contributed by atoms with Gasteiger partial charge in [0.05, 0.1) is 6.61 Å². The molecule has 0 spiro atoms. The van der Waals surface area contributed by atoms with Crippen LogP contribution in [0.25, 0.3) is 0 Å². The third kappa shape index (κ3) is 4.97. The molecule has 2 aromatic rings. The third-order valence-electron chi connectivity index (χ3n) is 2.83. The van der Waals surface area contributed by atoms with E-state index in [1.54, 1.807) is 11.3 Å². The number of benzene rings is 1. The molecule has 0 amide bonds. The lowest BCUT2D eigenvalue weighted by molar-refractivity contribution is 0.297. The second-order valence-electron chi connectivity index (χ2n) is 4.65. The Hall–Kier alpha value is -0.840. The normalized spacial score (nSPS) is 12.4. The Balaban J connectivity index is 1.73. The first-order valence-corrected chi connectivity index (χ1v) is 7.99. The van der Waals surface area contributed by atoms with Gasteiger partial charge in [0.25, 0.3) is 0 Å². The van der Waals surface area contributed by atoms with E-state index in [4.69, 9.17) is 10.5 Å². The van der Waals surface area contributed by atoms with Crippen molar-refractivity contribution >= 4 is 27.3 Å². The summed E-state index contributed by atoms with van der Waals surface area (Å²) in [4.78, 5) is 1.31. The van der Waals surface area contributed by atoms with Gasteiger partial charge in [-0.3, -0.25) is 0 Å². The van der Waals surface area contributed by atoms with E-state index < -0.39 is 0 Å². The molecule has 102 valence electrons. The topological polar surface area (TPSA) is 35.2 Å². The van der Waals surface area contributed by atoms with Crippen LogP contribution in [0.4, 0.5) is 0 Å². The lowest BCUT2D eigenvalue weighted by atomic mass is 10.1. The highest BCUT2D eigenvalue weighted by molar-refractivity contribution is 9.10. The molecule has 1 unspecified atom stereocenters. The van der Waals surface area contributed by atoms with Crippen LogP contribution in [0.3, 0.4) is 0 Å². The molecule has 0 bridgehead atoms. The molecule has 0 aliphatic rings. The van der Waals surface area contributed by atoms with Gasteiger partial charge in [0, 0.05) is 20.8 Å². The Labute approximate surface area is 126 Å². The van der Waals surface area contributed by atoms with Crippen molar-refractivity contribution in [3.63, 3.8) is 0 Å². The smallest absolute Gasteiger partial charge is 0.119 e. The summed E-state index contributed by atoms with van der Waals surface area (Å²) in [7, 11) is 0. The van der Waals surface area contributed by atoms with E-state index in [0.717, 1.165) is 23.1 Å². The minimum Gasteiger partial charge on any atom is -0.494 e. The number of halogens is 1. The van der Waals surface area contributed by atoms with Crippen LogP contribution in [0, 0.1) is 6.92 Å². The summed E-state index contributed by atoms with van der Waals surface area (Å²) >= 11 is 5.20. The monoisotopic (exact) mass is 339 g/mol. The average molecular weight is 340 g/mol. The Morgan fingerprint density at radius 3 is 2.89 bits per heavy atom. The quantitative estimate of drug-likeness (QED) is 0.857. The molecule has 0 aliphatic carbocycles. The summed E-state index contributed by atoms with van der Waals surface area (Å²) in [5.74, 6) is 0.922. The van der Waals surface area contributed by atoms with Crippen LogP contribution >= 0.6 is 27.3 Å². The molecule has 1 aromatic carbocycles. The molecule has 0 aliphatic heterocycles. The van der Waals surface area contributed by atoms with E-state index in [1.165, 1.54) is 10.4 Å². The molecule has 2 N–H and O–H groups in total. The standard InChI is InChI=1S/C15H18BrNOS/c1-11-3-2-4-14(7-11)18-6-5-13(17)9-15-8-12(16)10-19-15/h2-4,7-8,10,13H,5-6,9,17H2,1H3. The fourth-order valence-corrected chi connectivity index (χ4v) is 3.40. The van der Waals surface area contributed by atoms with Gasteiger partial charge >= 0.3 is 0 Å². The van der Waals surface area contributed by atoms with Gasteiger partial charge in [-0.05, 0) is 59.5 Å². The van der Waals surface area contributed by atoms with Crippen molar-refractivity contribution in [3.05, 3.63) is 50.6 Å². The molecule has 19 heavy (non-hydrogen) atoms. The number of hydrogen-bond donors (Lipinski definition) is 1. The minimum absolute atomic E-state index is 0.148. The number of thiophene rings is 1. The Morgan fingerprint density at radius 1 is 1.37 bits per heavy atom. The molecule has 1 aromatic heterocycles. The highest BCUT2D eigenvalue weighted by atomic mass is 79.9. The molecule has 2 rings (SSSR count). The number of aryl methyl sites for hydroxylation is 1. The number of ether oxygens (including phenoxy) is 1. The first-order valence-electron chi connectivity index (χ1n) is 6.31. The average Bonchev–Trinajstić information content (AvgIpc) is 2.75. The summed E-state index contributed by atoms with van der Waals surface area (Å²) < 4.78 is 6.85. The van der Waals surface area contributed by atoms with E-state index in [9.17, 15) is 0 Å². The molecular weight excluding hydrogens is 322 g/mol. The number of nitrogens with two attached hydrogens (primary N) is 1. The summed E-state index contributed by atoms with van der Waals surface area (Å²) in [5, 5.41) is 2.09. The number of hydrogen-bond acceptors (Lipinski definition) is 3. The van der Waals surface area contributed by atoms with Gasteiger partial charge in [-0.25, -0.2) is 0 Å². The second-order valence-corrected chi connectivity index (χ2v) is 6.56. The molecule has 0 radical (unpaired) electrons. The van der Waals surface area contributed by atoms with E-state index in [1.807, 2.05) is 18.2 Å². The zero-order valence-electron chi connectivity index (χ0n) is 10.9. The number of rotatable bonds is 6. The van der Waals surface area contributed by atoms with E-state index >= 15 is 0 Å². The maximum absolute atomic E-state index is 6.12. The Morgan fingerprint density at radius 2 is 2.21 bits per heavy atom. The van der Waals surface area contributed by atoms with Gasteiger partial charge in [-0.15, -0.1) is 11.3 Å².